The monoisotopic (exact) mass is 290 g/mol. The number of amides is 1. The standard InChI is InChI=1S/C14H18N4OS/c1-7-5-12(15)11(6-16-7)14(19)18-9(3)13-8(2)17-10(4)20-13/h5-6,9H,1-4H3,(H2,15,16)(H,18,19). The molecule has 5 nitrogen and oxygen atoms in total. The zero-order valence-corrected chi connectivity index (χ0v) is 12.8. The molecule has 1 atom stereocenters. The Morgan fingerprint density at radius 3 is 2.65 bits per heavy atom. The number of anilines is 1. The molecule has 20 heavy (non-hydrogen) atoms. The Morgan fingerprint density at radius 1 is 1.40 bits per heavy atom. The maximum absolute atomic E-state index is 12.2. The molecule has 0 saturated carbocycles. The van der Waals surface area contributed by atoms with Gasteiger partial charge in [-0.25, -0.2) is 4.98 Å². The molecule has 0 bridgehead atoms. The van der Waals surface area contributed by atoms with Crippen molar-refractivity contribution in [1.29, 1.82) is 0 Å². The fourth-order valence-electron chi connectivity index (χ4n) is 2.06. The van der Waals surface area contributed by atoms with Crippen LogP contribution in [0.3, 0.4) is 0 Å². The first-order valence-corrected chi connectivity index (χ1v) is 7.17. The van der Waals surface area contributed by atoms with Crippen molar-refractivity contribution in [3.05, 3.63) is 39.1 Å². The summed E-state index contributed by atoms with van der Waals surface area (Å²) < 4.78 is 0. The van der Waals surface area contributed by atoms with E-state index < -0.39 is 0 Å². The molecule has 0 aliphatic carbocycles. The molecule has 6 heteroatoms. The predicted molar refractivity (Wildman–Crippen MR) is 80.9 cm³/mol. The van der Waals surface area contributed by atoms with Gasteiger partial charge < -0.3 is 11.1 Å². The zero-order valence-electron chi connectivity index (χ0n) is 12.0. The second-order valence-electron chi connectivity index (χ2n) is 4.79. The van der Waals surface area contributed by atoms with E-state index in [1.54, 1.807) is 17.4 Å². The van der Waals surface area contributed by atoms with Gasteiger partial charge in [0.1, 0.15) is 0 Å². The van der Waals surface area contributed by atoms with Gasteiger partial charge in [0.25, 0.3) is 5.91 Å². The lowest BCUT2D eigenvalue weighted by Crippen LogP contribution is -2.27. The highest BCUT2D eigenvalue weighted by Gasteiger charge is 2.17. The van der Waals surface area contributed by atoms with Crippen molar-refractivity contribution in [1.82, 2.24) is 15.3 Å². The highest BCUT2D eigenvalue weighted by molar-refractivity contribution is 7.11. The maximum atomic E-state index is 12.2. The van der Waals surface area contributed by atoms with E-state index in [0.717, 1.165) is 21.3 Å². The number of aryl methyl sites for hydroxylation is 3. The van der Waals surface area contributed by atoms with Gasteiger partial charge in [-0.3, -0.25) is 9.78 Å². The Kier molecular flexibility index (Phi) is 4.04. The van der Waals surface area contributed by atoms with Gasteiger partial charge in [-0.2, -0.15) is 0 Å². The van der Waals surface area contributed by atoms with Crippen LogP contribution in [-0.4, -0.2) is 15.9 Å². The summed E-state index contributed by atoms with van der Waals surface area (Å²) in [6, 6.07) is 1.59. The number of carbonyl (C=O) groups is 1. The molecule has 106 valence electrons. The van der Waals surface area contributed by atoms with Crippen LogP contribution < -0.4 is 11.1 Å². The van der Waals surface area contributed by atoms with Crippen molar-refractivity contribution in [2.24, 2.45) is 0 Å². The van der Waals surface area contributed by atoms with Gasteiger partial charge in [0.05, 0.1) is 22.3 Å². The fourth-order valence-corrected chi connectivity index (χ4v) is 2.99. The Hall–Kier alpha value is -1.95. The van der Waals surface area contributed by atoms with Crippen molar-refractivity contribution in [3.63, 3.8) is 0 Å². The largest absolute Gasteiger partial charge is 0.398 e. The molecule has 2 aromatic heterocycles. The Labute approximate surface area is 122 Å². The smallest absolute Gasteiger partial charge is 0.255 e. The molecular formula is C14H18N4OS. The summed E-state index contributed by atoms with van der Waals surface area (Å²) in [5, 5.41) is 3.93. The quantitative estimate of drug-likeness (QED) is 0.910. The van der Waals surface area contributed by atoms with Crippen molar-refractivity contribution < 1.29 is 4.79 Å². The van der Waals surface area contributed by atoms with Gasteiger partial charge >= 0.3 is 0 Å². The summed E-state index contributed by atoms with van der Waals surface area (Å²) in [7, 11) is 0. The molecule has 0 radical (unpaired) electrons. The molecule has 0 aliphatic heterocycles. The second-order valence-corrected chi connectivity index (χ2v) is 6.03. The van der Waals surface area contributed by atoms with Gasteiger partial charge in [0, 0.05) is 22.5 Å². The minimum absolute atomic E-state index is 0.102. The summed E-state index contributed by atoms with van der Waals surface area (Å²) >= 11 is 1.59. The van der Waals surface area contributed by atoms with Crippen LogP contribution in [0.15, 0.2) is 12.3 Å². The number of thiazole rings is 1. The van der Waals surface area contributed by atoms with Crippen molar-refractivity contribution in [2.75, 3.05) is 5.73 Å². The van der Waals surface area contributed by atoms with Crippen molar-refractivity contribution in [3.8, 4) is 0 Å². The van der Waals surface area contributed by atoms with Gasteiger partial charge in [-0.15, -0.1) is 11.3 Å². The minimum Gasteiger partial charge on any atom is -0.398 e. The summed E-state index contributed by atoms with van der Waals surface area (Å²) in [6.45, 7) is 7.68. The number of hydrogen-bond donors (Lipinski definition) is 2. The van der Waals surface area contributed by atoms with Crippen LogP contribution in [0.25, 0.3) is 0 Å². The molecule has 2 aromatic rings. The summed E-state index contributed by atoms with van der Waals surface area (Å²) in [5.74, 6) is -0.215. The average Bonchev–Trinajstić information content (AvgIpc) is 2.68. The highest BCUT2D eigenvalue weighted by Crippen LogP contribution is 2.25. The normalized spacial score (nSPS) is 12.2. The van der Waals surface area contributed by atoms with Crippen LogP contribution in [0.2, 0.25) is 0 Å². The lowest BCUT2D eigenvalue weighted by molar-refractivity contribution is 0.0941. The van der Waals surface area contributed by atoms with E-state index >= 15 is 0 Å². The molecule has 1 amide bonds. The number of carbonyl (C=O) groups excluding carboxylic acids is 1. The SMILES string of the molecule is Cc1cc(N)c(C(=O)NC(C)c2sc(C)nc2C)cn1. The van der Waals surface area contributed by atoms with Gasteiger partial charge in [0.2, 0.25) is 0 Å². The van der Waals surface area contributed by atoms with E-state index in [1.807, 2.05) is 27.7 Å². The molecule has 1 unspecified atom stereocenters. The van der Waals surface area contributed by atoms with Gasteiger partial charge in [-0.05, 0) is 33.8 Å². The number of hydrogen-bond acceptors (Lipinski definition) is 5. The average molecular weight is 290 g/mol. The van der Waals surface area contributed by atoms with E-state index in [9.17, 15) is 4.79 Å². The first-order valence-electron chi connectivity index (χ1n) is 6.35. The molecule has 0 aromatic carbocycles. The van der Waals surface area contributed by atoms with Gasteiger partial charge in [0.15, 0.2) is 0 Å². The second kappa shape index (κ2) is 5.58. The lowest BCUT2D eigenvalue weighted by Gasteiger charge is -2.14. The number of pyridine rings is 1. The van der Waals surface area contributed by atoms with Crippen LogP contribution in [0.1, 0.15) is 44.6 Å². The highest BCUT2D eigenvalue weighted by atomic mass is 32.1. The minimum atomic E-state index is -0.215. The van der Waals surface area contributed by atoms with E-state index in [0.29, 0.717) is 11.3 Å². The van der Waals surface area contributed by atoms with E-state index in [2.05, 4.69) is 15.3 Å². The van der Waals surface area contributed by atoms with Crippen LogP contribution in [0, 0.1) is 20.8 Å². The number of nitrogen functional groups attached to an aromatic ring is 1. The van der Waals surface area contributed by atoms with Crippen LogP contribution in [0.4, 0.5) is 5.69 Å². The molecule has 0 saturated heterocycles. The lowest BCUT2D eigenvalue weighted by atomic mass is 10.1. The molecule has 0 fully saturated rings. The topological polar surface area (TPSA) is 80.9 Å². The zero-order chi connectivity index (χ0) is 14.9. The number of nitrogens with zero attached hydrogens (tertiary/aromatic N) is 2. The van der Waals surface area contributed by atoms with E-state index in [1.165, 1.54) is 6.20 Å². The third kappa shape index (κ3) is 2.96. The predicted octanol–water partition coefficient (Wildman–Crippen LogP) is 2.54. The Balaban J connectivity index is 2.17. The Bertz CT molecular complexity index is 651. The van der Waals surface area contributed by atoms with Gasteiger partial charge in [-0.1, -0.05) is 0 Å². The van der Waals surface area contributed by atoms with E-state index in [4.69, 9.17) is 5.73 Å². The summed E-state index contributed by atoms with van der Waals surface area (Å²) in [5.41, 5.74) is 8.45. The first-order chi connectivity index (χ1) is 9.38. The van der Waals surface area contributed by atoms with Crippen molar-refractivity contribution in [2.45, 2.75) is 33.7 Å². The molecule has 0 spiro atoms. The fraction of sp³-hybridized carbons (Fsp3) is 0.357. The van der Waals surface area contributed by atoms with Crippen molar-refractivity contribution >= 4 is 22.9 Å². The molecule has 2 heterocycles. The Morgan fingerprint density at radius 2 is 2.10 bits per heavy atom. The molecule has 2 rings (SSSR count). The van der Waals surface area contributed by atoms with Crippen LogP contribution >= 0.6 is 11.3 Å². The first kappa shape index (κ1) is 14.5. The summed E-state index contributed by atoms with van der Waals surface area (Å²) in [6.07, 6.45) is 1.51. The maximum Gasteiger partial charge on any atom is 0.255 e. The number of aromatic nitrogens is 2. The molecular weight excluding hydrogens is 272 g/mol. The van der Waals surface area contributed by atoms with E-state index in [-0.39, 0.29) is 11.9 Å². The third-order valence-electron chi connectivity index (χ3n) is 3.00. The third-order valence-corrected chi connectivity index (χ3v) is 4.25. The number of rotatable bonds is 3. The van der Waals surface area contributed by atoms with Crippen LogP contribution in [0.5, 0.6) is 0 Å². The number of nitrogens with two attached hydrogens (primary N) is 1. The summed E-state index contributed by atoms with van der Waals surface area (Å²) in [4.78, 5) is 21.8. The molecule has 3 N–H and O–H groups in total. The molecule has 0 aliphatic rings. The van der Waals surface area contributed by atoms with Crippen LogP contribution in [-0.2, 0) is 0 Å². The number of nitrogens with one attached hydrogen (secondary N) is 1.